The molecule has 3 aromatic rings. The predicted octanol–water partition coefficient (Wildman–Crippen LogP) is 3.03. The van der Waals surface area contributed by atoms with Crippen LogP contribution in [0.1, 0.15) is 0 Å². The van der Waals surface area contributed by atoms with Gasteiger partial charge in [0.15, 0.2) is 4.34 Å². The second-order valence-corrected chi connectivity index (χ2v) is 6.13. The van der Waals surface area contributed by atoms with E-state index < -0.39 is 0 Å². The summed E-state index contributed by atoms with van der Waals surface area (Å²) >= 11 is 6.32. The van der Waals surface area contributed by atoms with Gasteiger partial charge in [0.1, 0.15) is 4.60 Å². The number of aromatic nitrogens is 5. The molecule has 1 aromatic carbocycles. The molecule has 0 aliphatic rings. The van der Waals surface area contributed by atoms with E-state index in [9.17, 15) is 0 Å². The largest absolute Gasteiger partial charge is 0.222 e. The van der Waals surface area contributed by atoms with Gasteiger partial charge in [-0.05, 0) is 50.3 Å². The van der Waals surface area contributed by atoms with Crippen molar-refractivity contribution in [3.63, 3.8) is 0 Å². The van der Waals surface area contributed by atoms with Gasteiger partial charge in [-0.15, -0.1) is 16.4 Å². The highest BCUT2D eigenvalue weighted by atomic mass is 79.9. The molecule has 5 nitrogen and oxygen atoms in total. The van der Waals surface area contributed by atoms with Crippen LogP contribution in [0.5, 0.6) is 0 Å². The highest BCUT2D eigenvalue weighted by molar-refractivity contribution is 9.10. The van der Waals surface area contributed by atoms with E-state index in [2.05, 4.69) is 36.4 Å². The minimum absolute atomic E-state index is 0.697. The van der Waals surface area contributed by atoms with Gasteiger partial charge in [-0.1, -0.05) is 18.2 Å². The highest BCUT2D eigenvalue weighted by Crippen LogP contribution is 2.30. The van der Waals surface area contributed by atoms with E-state index in [-0.39, 0.29) is 0 Å². The fourth-order valence-corrected chi connectivity index (χ4v) is 3.60. The number of benzene rings is 1. The molecule has 0 bridgehead atoms. The van der Waals surface area contributed by atoms with Gasteiger partial charge in [0.05, 0.1) is 5.69 Å². The lowest BCUT2D eigenvalue weighted by molar-refractivity contribution is 0.756. The number of hydrogen-bond donors (Lipinski definition) is 0. The molecule has 0 saturated heterocycles. The van der Waals surface area contributed by atoms with Gasteiger partial charge in [-0.3, -0.25) is 0 Å². The first-order valence-corrected chi connectivity index (χ1v) is 7.44. The SMILES string of the molecule is Brc1csc(Sc2nnnn2-c2ccccc2)n1. The lowest BCUT2D eigenvalue weighted by Gasteiger charge is -2.01. The van der Waals surface area contributed by atoms with E-state index in [1.807, 2.05) is 35.7 Å². The Balaban J connectivity index is 1.93. The van der Waals surface area contributed by atoms with Gasteiger partial charge >= 0.3 is 0 Å². The van der Waals surface area contributed by atoms with E-state index in [4.69, 9.17) is 0 Å². The van der Waals surface area contributed by atoms with Gasteiger partial charge in [-0.2, -0.15) is 4.68 Å². The molecule has 90 valence electrons. The second-order valence-electron chi connectivity index (χ2n) is 3.25. The molecule has 0 atom stereocenters. The Kier molecular flexibility index (Phi) is 3.39. The van der Waals surface area contributed by atoms with Crippen LogP contribution in [-0.2, 0) is 0 Å². The number of rotatable bonds is 3. The summed E-state index contributed by atoms with van der Waals surface area (Å²) in [5, 5.41) is 14.3. The molecule has 0 unspecified atom stereocenters. The summed E-state index contributed by atoms with van der Waals surface area (Å²) in [6.45, 7) is 0. The summed E-state index contributed by atoms with van der Waals surface area (Å²) in [5.41, 5.74) is 0.931. The fraction of sp³-hybridized carbons (Fsp3) is 0. The Morgan fingerprint density at radius 3 is 2.78 bits per heavy atom. The van der Waals surface area contributed by atoms with E-state index in [0.29, 0.717) is 5.16 Å². The van der Waals surface area contributed by atoms with E-state index in [1.54, 1.807) is 16.0 Å². The zero-order valence-electron chi connectivity index (χ0n) is 8.89. The van der Waals surface area contributed by atoms with Crippen molar-refractivity contribution < 1.29 is 0 Å². The molecule has 2 aromatic heterocycles. The molecule has 0 N–H and O–H groups in total. The number of tetrazole rings is 1. The Morgan fingerprint density at radius 2 is 2.06 bits per heavy atom. The first kappa shape index (κ1) is 11.8. The highest BCUT2D eigenvalue weighted by Gasteiger charge is 2.11. The number of para-hydroxylation sites is 1. The van der Waals surface area contributed by atoms with Crippen molar-refractivity contribution in [2.24, 2.45) is 0 Å². The van der Waals surface area contributed by atoms with Gasteiger partial charge in [0, 0.05) is 5.38 Å². The quantitative estimate of drug-likeness (QED) is 0.734. The summed E-state index contributed by atoms with van der Waals surface area (Å²) in [6.07, 6.45) is 0. The summed E-state index contributed by atoms with van der Waals surface area (Å²) in [6, 6.07) is 9.77. The Bertz CT molecular complexity index is 651. The van der Waals surface area contributed by atoms with Crippen molar-refractivity contribution in [3.8, 4) is 5.69 Å². The molecule has 0 saturated carbocycles. The van der Waals surface area contributed by atoms with Crippen LogP contribution in [0.4, 0.5) is 0 Å². The Hall–Kier alpha value is -1.25. The maximum absolute atomic E-state index is 4.31. The topological polar surface area (TPSA) is 56.5 Å². The summed E-state index contributed by atoms with van der Waals surface area (Å²) < 4.78 is 3.42. The van der Waals surface area contributed by atoms with Crippen LogP contribution < -0.4 is 0 Å². The van der Waals surface area contributed by atoms with Crippen molar-refractivity contribution in [1.29, 1.82) is 0 Å². The van der Waals surface area contributed by atoms with E-state index in [1.165, 1.54) is 11.8 Å². The molecule has 18 heavy (non-hydrogen) atoms. The molecule has 0 fully saturated rings. The van der Waals surface area contributed by atoms with Crippen LogP contribution in [0, 0.1) is 0 Å². The maximum Gasteiger partial charge on any atom is 0.221 e. The molecular weight excluding hydrogens is 334 g/mol. The van der Waals surface area contributed by atoms with Crippen LogP contribution in [0.25, 0.3) is 5.69 Å². The zero-order chi connectivity index (χ0) is 12.4. The first-order chi connectivity index (χ1) is 8.83. The van der Waals surface area contributed by atoms with E-state index >= 15 is 0 Å². The second kappa shape index (κ2) is 5.17. The predicted molar refractivity (Wildman–Crippen MR) is 73.1 cm³/mol. The van der Waals surface area contributed by atoms with Gasteiger partial charge in [0.25, 0.3) is 0 Å². The van der Waals surface area contributed by atoms with Crippen molar-refractivity contribution in [3.05, 3.63) is 40.3 Å². The van der Waals surface area contributed by atoms with Gasteiger partial charge in [-0.25, -0.2) is 4.98 Å². The number of nitrogens with zero attached hydrogens (tertiary/aromatic N) is 5. The van der Waals surface area contributed by atoms with Crippen LogP contribution in [0.3, 0.4) is 0 Å². The van der Waals surface area contributed by atoms with Crippen LogP contribution in [-0.4, -0.2) is 25.2 Å². The Labute approximate surface area is 119 Å². The molecule has 0 aliphatic carbocycles. The fourth-order valence-electron chi connectivity index (χ4n) is 1.34. The smallest absolute Gasteiger partial charge is 0.221 e. The maximum atomic E-state index is 4.31. The number of halogens is 1. The van der Waals surface area contributed by atoms with Crippen LogP contribution >= 0.6 is 39.0 Å². The molecule has 0 radical (unpaired) electrons. The van der Waals surface area contributed by atoms with Crippen LogP contribution in [0.2, 0.25) is 0 Å². The normalized spacial score (nSPS) is 10.7. The first-order valence-electron chi connectivity index (χ1n) is 4.95. The molecule has 0 spiro atoms. The van der Waals surface area contributed by atoms with Gasteiger partial charge < -0.3 is 0 Å². The molecular formula is C10H6BrN5S2. The molecule has 3 rings (SSSR count). The lowest BCUT2D eigenvalue weighted by atomic mass is 10.3. The van der Waals surface area contributed by atoms with E-state index in [0.717, 1.165) is 14.6 Å². The summed E-state index contributed by atoms with van der Waals surface area (Å²) in [5.74, 6) is 0. The lowest BCUT2D eigenvalue weighted by Crippen LogP contribution is -1.98. The molecule has 0 aliphatic heterocycles. The van der Waals surface area contributed by atoms with Crippen LogP contribution in [0.15, 0.2) is 49.8 Å². The third kappa shape index (κ3) is 2.45. The number of hydrogen-bond acceptors (Lipinski definition) is 6. The standard InChI is InChI=1S/C10H6BrN5S2/c11-8-6-17-10(12-8)18-9-13-14-15-16(9)7-4-2-1-3-5-7/h1-6H. The van der Waals surface area contributed by atoms with Crippen molar-refractivity contribution in [2.75, 3.05) is 0 Å². The minimum Gasteiger partial charge on any atom is -0.222 e. The average Bonchev–Trinajstić information content (AvgIpc) is 3.00. The van der Waals surface area contributed by atoms with Crippen molar-refractivity contribution in [2.45, 2.75) is 9.50 Å². The number of thiazole rings is 1. The third-order valence-electron chi connectivity index (χ3n) is 2.08. The third-order valence-corrected chi connectivity index (χ3v) is 4.66. The molecule has 8 heteroatoms. The monoisotopic (exact) mass is 339 g/mol. The van der Waals surface area contributed by atoms with Crippen molar-refractivity contribution >= 4 is 39.0 Å². The van der Waals surface area contributed by atoms with Gasteiger partial charge in [0.2, 0.25) is 5.16 Å². The zero-order valence-corrected chi connectivity index (χ0v) is 12.1. The molecule has 0 amide bonds. The van der Waals surface area contributed by atoms with Crippen molar-refractivity contribution in [1.82, 2.24) is 25.2 Å². The molecule has 2 heterocycles. The summed E-state index contributed by atoms with van der Waals surface area (Å²) in [4.78, 5) is 4.31. The summed E-state index contributed by atoms with van der Waals surface area (Å²) in [7, 11) is 0. The minimum atomic E-state index is 0.697. The Morgan fingerprint density at radius 1 is 1.22 bits per heavy atom. The average molecular weight is 340 g/mol.